The Kier molecular flexibility index (Phi) is 8.65. The molecule has 0 bridgehead atoms. The summed E-state index contributed by atoms with van der Waals surface area (Å²) in [6.07, 6.45) is 9.91. The Labute approximate surface area is 127 Å². The van der Waals surface area contributed by atoms with Crippen molar-refractivity contribution in [3.8, 4) is 0 Å². The summed E-state index contributed by atoms with van der Waals surface area (Å²) in [7, 11) is 0. The second-order valence-electron chi connectivity index (χ2n) is 6.62. The molecule has 0 heteroatoms. The van der Waals surface area contributed by atoms with Crippen LogP contribution < -0.4 is 0 Å². The second-order valence-corrected chi connectivity index (χ2v) is 6.62. The van der Waals surface area contributed by atoms with E-state index in [-0.39, 0.29) is 0 Å². The molecule has 2 rings (SSSR count). The number of rotatable bonds is 4. The van der Waals surface area contributed by atoms with Crippen LogP contribution in [-0.2, 0) is 0 Å². The first-order valence-electron chi connectivity index (χ1n) is 8.73. The van der Waals surface area contributed by atoms with Gasteiger partial charge < -0.3 is 0 Å². The number of hydrogen-bond acceptors (Lipinski definition) is 0. The molecule has 1 saturated carbocycles. The average Bonchev–Trinajstić information content (AvgIpc) is 2.48. The molecule has 1 aliphatic rings. The lowest BCUT2D eigenvalue weighted by molar-refractivity contribution is 0.234. The standard InChI is InChI=1S/C17H26.C3H8/c1-14-8-6-7-11-17(14)13-12-15(2)16-9-4-3-5-10-16;1-3-2/h3-5,9-10,14-15,17H,6-8,11-13H2,1-2H3;3H2,1-2H3/t14?,15?,17-;/m1./s1. The van der Waals surface area contributed by atoms with Crippen molar-refractivity contribution in [1.82, 2.24) is 0 Å². The van der Waals surface area contributed by atoms with Crippen molar-refractivity contribution in [3.05, 3.63) is 35.9 Å². The van der Waals surface area contributed by atoms with Crippen LogP contribution in [0.15, 0.2) is 30.3 Å². The van der Waals surface area contributed by atoms with Gasteiger partial charge in [-0.15, -0.1) is 0 Å². The average molecular weight is 274 g/mol. The lowest BCUT2D eigenvalue weighted by atomic mass is 9.76. The predicted molar refractivity (Wildman–Crippen MR) is 91.2 cm³/mol. The zero-order valence-corrected chi connectivity index (χ0v) is 14.1. The lowest BCUT2D eigenvalue weighted by Gasteiger charge is -2.29. The molecule has 2 unspecified atom stereocenters. The Balaban J connectivity index is 0.000000612. The van der Waals surface area contributed by atoms with Gasteiger partial charge in [-0.1, -0.05) is 90.1 Å². The summed E-state index contributed by atoms with van der Waals surface area (Å²) >= 11 is 0. The molecule has 0 aliphatic heterocycles. The topological polar surface area (TPSA) is 0 Å². The molecule has 0 aromatic heterocycles. The van der Waals surface area contributed by atoms with Gasteiger partial charge >= 0.3 is 0 Å². The fourth-order valence-corrected chi connectivity index (χ4v) is 3.23. The van der Waals surface area contributed by atoms with Gasteiger partial charge in [0.25, 0.3) is 0 Å². The first-order chi connectivity index (χ1) is 9.69. The van der Waals surface area contributed by atoms with E-state index < -0.39 is 0 Å². The van der Waals surface area contributed by atoms with Crippen molar-refractivity contribution in [2.75, 3.05) is 0 Å². The molecule has 1 aromatic rings. The van der Waals surface area contributed by atoms with E-state index in [0.29, 0.717) is 0 Å². The first kappa shape index (κ1) is 17.3. The van der Waals surface area contributed by atoms with E-state index in [2.05, 4.69) is 58.0 Å². The van der Waals surface area contributed by atoms with Crippen molar-refractivity contribution in [2.45, 2.75) is 78.6 Å². The molecule has 0 amide bonds. The molecule has 114 valence electrons. The molecule has 1 fully saturated rings. The largest absolute Gasteiger partial charge is 0.0656 e. The van der Waals surface area contributed by atoms with Crippen LogP contribution in [0.4, 0.5) is 0 Å². The minimum atomic E-state index is 0.727. The van der Waals surface area contributed by atoms with Gasteiger partial charge in [0.1, 0.15) is 0 Å². The Morgan fingerprint density at radius 3 is 2.25 bits per heavy atom. The minimum absolute atomic E-state index is 0.727. The number of hydrogen-bond donors (Lipinski definition) is 0. The molecule has 0 N–H and O–H groups in total. The molecule has 0 saturated heterocycles. The van der Waals surface area contributed by atoms with Crippen LogP contribution >= 0.6 is 0 Å². The fraction of sp³-hybridized carbons (Fsp3) is 0.700. The summed E-state index contributed by atoms with van der Waals surface area (Å²) in [6.45, 7) is 9.08. The third kappa shape index (κ3) is 6.11. The molecule has 3 atom stereocenters. The molecule has 1 aliphatic carbocycles. The Morgan fingerprint density at radius 1 is 1.05 bits per heavy atom. The molecular weight excluding hydrogens is 240 g/mol. The van der Waals surface area contributed by atoms with Gasteiger partial charge in [-0.3, -0.25) is 0 Å². The first-order valence-corrected chi connectivity index (χ1v) is 8.73. The van der Waals surface area contributed by atoms with Crippen LogP contribution in [0.1, 0.15) is 84.1 Å². The highest BCUT2D eigenvalue weighted by molar-refractivity contribution is 5.18. The van der Waals surface area contributed by atoms with Gasteiger partial charge in [0.15, 0.2) is 0 Å². The van der Waals surface area contributed by atoms with Crippen LogP contribution in [0.3, 0.4) is 0 Å². The van der Waals surface area contributed by atoms with E-state index in [9.17, 15) is 0 Å². The maximum absolute atomic E-state index is 2.46. The summed E-state index contributed by atoms with van der Waals surface area (Å²) in [6, 6.07) is 11.0. The number of benzene rings is 1. The van der Waals surface area contributed by atoms with Gasteiger partial charge in [-0.05, 0) is 36.2 Å². The third-order valence-corrected chi connectivity index (χ3v) is 4.63. The van der Waals surface area contributed by atoms with Crippen LogP contribution in [0.5, 0.6) is 0 Å². The van der Waals surface area contributed by atoms with Gasteiger partial charge in [0.05, 0.1) is 0 Å². The van der Waals surface area contributed by atoms with E-state index in [1.165, 1.54) is 50.5 Å². The molecule has 0 nitrogen and oxygen atoms in total. The van der Waals surface area contributed by atoms with E-state index in [4.69, 9.17) is 0 Å². The van der Waals surface area contributed by atoms with E-state index >= 15 is 0 Å². The second kappa shape index (κ2) is 10.0. The molecular formula is C20H34. The third-order valence-electron chi connectivity index (χ3n) is 4.63. The maximum atomic E-state index is 2.46. The van der Waals surface area contributed by atoms with Gasteiger partial charge in [-0.25, -0.2) is 0 Å². The summed E-state index contributed by atoms with van der Waals surface area (Å²) < 4.78 is 0. The highest BCUT2D eigenvalue weighted by atomic mass is 14.3. The van der Waals surface area contributed by atoms with Gasteiger partial charge in [0, 0.05) is 0 Å². The highest BCUT2D eigenvalue weighted by Gasteiger charge is 2.21. The zero-order chi connectivity index (χ0) is 14.8. The quantitative estimate of drug-likeness (QED) is 0.565. The molecule has 0 spiro atoms. The molecule has 0 radical (unpaired) electrons. The monoisotopic (exact) mass is 274 g/mol. The lowest BCUT2D eigenvalue weighted by Crippen LogP contribution is -2.17. The van der Waals surface area contributed by atoms with Gasteiger partial charge in [-0.2, -0.15) is 0 Å². The van der Waals surface area contributed by atoms with Crippen LogP contribution in [-0.4, -0.2) is 0 Å². The normalized spacial score (nSPS) is 23.6. The van der Waals surface area contributed by atoms with Crippen LogP contribution in [0.25, 0.3) is 0 Å². The van der Waals surface area contributed by atoms with E-state index in [1.807, 2.05) is 0 Å². The molecule has 0 heterocycles. The van der Waals surface area contributed by atoms with Gasteiger partial charge in [0.2, 0.25) is 0 Å². The minimum Gasteiger partial charge on any atom is -0.0656 e. The zero-order valence-electron chi connectivity index (χ0n) is 14.1. The SMILES string of the molecule is CC(CC[C@H]1CCCCC1C)c1ccccc1.CCC. The summed E-state index contributed by atoms with van der Waals surface area (Å²) in [4.78, 5) is 0. The molecule has 1 aromatic carbocycles. The van der Waals surface area contributed by atoms with Crippen molar-refractivity contribution < 1.29 is 0 Å². The predicted octanol–water partition coefficient (Wildman–Crippen LogP) is 6.81. The van der Waals surface area contributed by atoms with Crippen molar-refractivity contribution in [3.63, 3.8) is 0 Å². The molecule has 20 heavy (non-hydrogen) atoms. The summed E-state index contributed by atoms with van der Waals surface area (Å²) in [5.74, 6) is 2.69. The van der Waals surface area contributed by atoms with E-state index in [0.717, 1.165) is 17.8 Å². The highest BCUT2D eigenvalue weighted by Crippen LogP contribution is 2.34. The summed E-state index contributed by atoms with van der Waals surface area (Å²) in [5, 5.41) is 0. The Bertz CT molecular complexity index is 327. The maximum Gasteiger partial charge on any atom is -0.0190 e. The van der Waals surface area contributed by atoms with E-state index in [1.54, 1.807) is 0 Å². The summed E-state index contributed by atoms with van der Waals surface area (Å²) in [5.41, 5.74) is 1.51. The van der Waals surface area contributed by atoms with Crippen molar-refractivity contribution in [1.29, 1.82) is 0 Å². The van der Waals surface area contributed by atoms with Crippen LogP contribution in [0.2, 0.25) is 0 Å². The van der Waals surface area contributed by atoms with Crippen LogP contribution in [0, 0.1) is 11.8 Å². The Morgan fingerprint density at radius 2 is 1.65 bits per heavy atom. The fourth-order valence-electron chi connectivity index (χ4n) is 3.23. The van der Waals surface area contributed by atoms with Crippen molar-refractivity contribution >= 4 is 0 Å². The van der Waals surface area contributed by atoms with Crippen molar-refractivity contribution in [2.24, 2.45) is 11.8 Å². The Hall–Kier alpha value is -0.780. The smallest absolute Gasteiger partial charge is 0.0190 e.